The summed E-state index contributed by atoms with van der Waals surface area (Å²) >= 11 is 0. The van der Waals surface area contributed by atoms with Gasteiger partial charge in [0.2, 0.25) is 0 Å². The highest BCUT2D eigenvalue weighted by Crippen LogP contribution is 2.32. The number of morpholine rings is 1. The number of halogens is 3. The first kappa shape index (κ1) is 23.9. The zero-order chi connectivity index (χ0) is 24.1. The number of hydrogen-bond donors (Lipinski definition) is 1. The molecule has 180 valence electrons. The molecule has 0 bridgehead atoms. The van der Waals surface area contributed by atoms with E-state index in [1.165, 1.54) is 16.8 Å². The fourth-order valence-corrected chi connectivity index (χ4v) is 3.89. The van der Waals surface area contributed by atoms with Gasteiger partial charge in [0.25, 0.3) is 5.91 Å². The average Bonchev–Trinajstić information content (AvgIpc) is 3.28. The van der Waals surface area contributed by atoms with E-state index < -0.39 is 11.7 Å². The predicted molar refractivity (Wildman–Crippen MR) is 120 cm³/mol. The second-order valence-electron chi connectivity index (χ2n) is 8.20. The van der Waals surface area contributed by atoms with Gasteiger partial charge in [0.1, 0.15) is 5.69 Å². The number of alkyl halides is 3. The molecular formula is C24H26F3N5O2. The van der Waals surface area contributed by atoms with Crippen molar-refractivity contribution in [2.75, 3.05) is 39.4 Å². The van der Waals surface area contributed by atoms with Gasteiger partial charge in [-0.1, -0.05) is 35.5 Å². The van der Waals surface area contributed by atoms with Crippen LogP contribution in [0.25, 0.3) is 11.3 Å². The monoisotopic (exact) mass is 473 g/mol. The lowest BCUT2D eigenvalue weighted by Gasteiger charge is -2.26. The Bertz CT molecular complexity index is 1140. The van der Waals surface area contributed by atoms with Crippen molar-refractivity contribution in [2.45, 2.75) is 19.6 Å². The van der Waals surface area contributed by atoms with Gasteiger partial charge < -0.3 is 10.1 Å². The van der Waals surface area contributed by atoms with Crippen LogP contribution >= 0.6 is 0 Å². The van der Waals surface area contributed by atoms with Crippen LogP contribution in [0.1, 0.15) is 27.0 Å². The van der Waals surface area contributed by atoms with Crippen LogP contribution in [0.2, 0.25) is 0 Å². The normalized spacial score (nSPS) is 14.8. The van der Waals surface area contributed by atoms with Crippen molar-refractivity contribution in [1.29, 1.82) is 0 Å². The number of ether oxygens (including phenoxy) is 1. The van der Waals surface area contributed by atoms with E-state index in [2.05, 4.69) is 20.5 Å². The third-order valence-electron chi connectivity index (χ3n) is 5.79. The first-order chi connectivity index (χ1) is 16.3. The Labute approximate surface area is 195 Å². The summed E-state index contributed by atoms with van der Waals surface area (Å²) in [7, 11) is 0. The minimum Gasteiger partial charge on any atom is -0.379 e. The van der Waals surface area contributed by atoms with E-state index in [1.807, 2.05) is 19.1 Å². The first-order valence-electron chi connectivity index (χ1n) is 11.1. The molecule has 0 saturated carbocycles. The molecule has 1 saturated heterocycles. The smallest absolute Gasteiger partial charge is 0.379 e. The Kier molecular flexibility index (Phi) is 7.28. The van der Waals surface area contributed by atoms with Crippen LogP contribution in [-0.4, -0.2) is 65.2 Å². The van der Waals surface area contributed by atoms with E-state index >= 15 is 0 Å². The van der Waals surface area contributed by atoms with Crippen molar-refractivity contribution >= 4 is 5.91 Å². The standard InChI is InChI=1S/C24H26F3N5O2/c1-17-6-7-18(14-20(17)23(33)28-8-9-31-10-12-34-13-11-31)22-16-32(30-29-22)15-19-4-2-3-5-21(19)24(25,26)27/h2-7,14,16H,8-13,15H2,1H3,(H,28,33). The molecule has 0 unspecified atom stereocenters. The van der Waals surface area contributed by atoms with Crippen LogP contribution in [0.3, 0.4) is 0 Å². The maximum atomic E-state index is 13.3. The van der Waals surface area contributed by atoms with Crippen LogP contribution in [0.5, 0.6) is 0 Å². The Hall–Kier alpha value is -3.24. The summed E-state index contributed by atoms with van der Waals surface area (Å²) in [5.74, 6) is -0.181. The van der Waals surface area contributed by atoms with Crippen molar-refractivity contribution in [3.05, 3.63) is 70.9 Å². The molecular weight excluding hydrogens is 447 g/mol. The molecule has 1 fully saturated rings. The fraction of sp³-hybridized carbons (Fsp3) is 0.375. The number of carbonyl (C=O) groups excluding carboxylic acids is 1. The Morgan fingerprint density at radius 1 is 1.15 bits per heavy atom. The van der Waals surface area contributed by atoms with Gasteiger partial charge in [0.05, 0.1) is 31.5 Å². The molecule has 1 amide bonds. The van der Waals surface area contributed by atoms with E-state index in [0.717, 1.165) is 31.3 Å². The van der Waals surface area contributed by atoms with Gasteiger partial charge in [-0.2, -0.15) is 13.2 Å². The number of nitrogens with one attached hydrogen (secondary N) is 1. The minimum absolute atomic E-state index is 0.0660. The number of carbonyl (C=O) groups is 1. The summed E-state index contributed by atoms with van der Waals surface area (Å²) in [5, 5.41) is 11.1. The van der Waals surface area contributed by atoms with Gasteiger partial charge >= 0.3 is 6.18 Å². The molecule has 2 heterocycles. The number of benzene rings is 2. The minimum atomic E-state index is -4.44. The fourth-order valence-electron chi connectivity index (χ4n) is 3.89. The molecule has 0 radical (unpaired) electrons. The molecule has 4 rings (SSSR count). The van der Waals surface area contributed by atoms with Crippen LogP contribution in [0.15, 0.2) is 48.7 Å². The topological polar surface area (TPSA) is 72.3 Å². The van der Waals surface area contributed by atoms with Crippen LogP contribution in [-0.2, 0) is 17.5 Å². The summed E-state index contributed by atoms with van der Waals surface area (Å²) in [5.41, 5.74) is 1.90. The highest BCUT2D eigenvalue weighted by atomic mass is 19.4. The second kappa shape index (κ2) is 10.4. The van der Waals surface area contributed by atoms with Crippen molar-refractivity contribution in [2.24, 2.45) is 0 Å². The molecule has 2 aromatic carbocycles. The molecule has 0 spiro atoms. The van der Waals surface area contributed by atoms with Gasteiger partial charge in [0.15, 0.2) is 0 Å². The van der Waals surface area contributed by atoms with Crippen LogP contribution in [0.4, 0.5) is 13.2 Å². The number of aromatic nitrogens is 3. The third-order valence-corrected chi connectivity index (χ3v) is 5.79. The van der Waals surface area contributed by atoms with Crippen molar-refractivity contribution in [3.63, 3.8) is 0 Å². The number of amides is 1. The zero-order valence-electron chi connectivity index (χ0n) is 18.8. The van der Waals surface area contributed by atoms with Gasteiger partial charge in [-0.05, 0) is 30.2 Å². The lowest BCUT2D eigenvalue weighted by Crippen LogP contribution is -2.41. The quantitative estimate of drug-likeness (QED) is 0.570. The van der Waals surface area contributed by atoms with Crippen LogP contribution < -0.4 is 5.32 Å². The predicted octanol–water partition coefficient (Wildman–Crippen LogP) is 3.38. The van der Waals surface area contributed by atoms with Gasteiger partial charge in [-0.25, -0.2) is 4.68 Å². The molecule has 10 heteroatoms. The second-order valence-corrected chi connectivity index (χ2v) is 8.20. The number of rotatable bonds is 7. The highest BCUT2D eigenvalue weighted by Gasteiger charge is 2.33. The van der Waals surface area contributed by atoms with Gasteiger partial charge in [-0.15, -0.1) is 5.10 Å². The third kappa shape index (κ3) is 5.81. The maximum Gasteiger partial charge on any atom is 0.416 e. The molecule has 1 aliphatic rings. The molecule has 0 aliphatic carbocycles. The van der Waals surface area contributed by atoms with E-state index in [4.69, 9.17) is 4.74 Å². The first-order valence-corrected chi connectivity index (χ1v) is 11.1. The highest BCUT2D eigenvalue weighted by molar-refractivity contribution is 5.96. The molecule has 1 aliphatic heterocycles. The SMILES string of the molecule is Cc1ccc(-c2cn(Cc3ccccc3C(F)(F)F)nn2)cc1C(=O)NCCN1CCOCC1. The van der Waals surface area contributed by atoms with Gasteiger partial charge in [-0.3, -0.25) is 9.69 Å². The maximum absolute atomic E-state index is 13.3. The van der Waals surface area contributed by atoms with E-state index in [0.29, 0.717) is 36.6 Å². The van der Waals surface area contributed by atoms with Gasteiger partial charge in [0, 0.05) is 37.3 Å². The molecule has 0 atom stereocenters. The summed E-state index contributed by atoms with van der Waals surface area (Å²) < 4.78 is 46.5. The largest absolute Gasteiger partial charge is 0.416 e. The summed E-state index contributed by atoms with van der Waals surface area (Å²) in [4.78, 5) is 15.0. The summed E-state index contributed by atoms with van der Waals surface area (Å²) in [6, 6.07) is 10.8. The Morgan fingerprint density at radius 3 is 2.68 bits per heavy atom. The molecule has 34 heavy (non-hydrogen) atoms. The zero-order valence-corrected chi connectivity index (χ0v) is 18.8. The summed E-state index contributed by atoms with van der Waals surface area (Å²) in [6.07, 6.45) is -2.86. The molecule has 7 nitrogen and oxygen atoms in total. The Morgan fingerprint density at radius 2 is 1.91 bits per heavy atom. The average molecular weight is 473 g/mol. The molecule has 3 aromatic rings. The van der Waals surface area contributed by atoms with Crippen molar-refractivity contribution in [3.8, 4) is 11.3 Å². The summed E-state index contributed by atoms with van der Waals surface area (Å²) in [6.45, 7) is 6.18. The number of nitrogens with zero attached hydrogens (tertiary/aromatic N) is 4. The molecule has 1 N–H and O–H groups in total. The van der Waals surface area contributed by atoms with E-state index in [1.54, 1.807) is 18.3 Å². The van der Waals surface area contributed by atoms with E-state index in [9.17, 15) is 18.0 Å². The van der Waals surface area contributed by atoms with Crippen LogP contribution in [0, 0.1) is 6.92 Å². The number of hydrogen-bond acceptors (Lipinski definition) is 5. The van der Waals surface area contributed by atoms with E-state index in [-0.39, 0.29) is 18.0 Å². The van der Waals surface area contributed by atoms with Crippen molar-refractivity contribution < 1.29 is 22.7 Å². The molecule has 1 aromatic heterocycles. The lowest BCUT2D eigenvalue weighted by molar-refractivity contribution is -0.138. The van der Waals surface area contributed by atoms with Crippen molar-refractivity contribution in [1.82, 2.24) is 25.2 Å². The number of aryl methyl sites for hydroxylation is 1. The Balaban J connectivity index is 1.44. The lowest BCUT2D eigenvalue weighted by atomic mass is 10.0.